The van der Waals surface area contributed by atoms with E-state index in [9.17, 15) is 14.7 Å². The summed E-state index contributed by atoms with van der Waals surface area (Å²) in [7, 11) is 0. The molecule has 0 unspecified atom stereocenters. The SMILES string of the molecule is O=C1c2ccc(N3CCCC3=O)cc2CCN1C[C@H](O)CN1CCc2ccccc2C1. The Hall–Kier alpha value is -2.70. The number of nitrogens with zero attached hydrogens (tertiary/aromatic N) is 3. The normalized spacial score (nSPS) is 20.0. The number of hydrogen-bond acceptors (Lipinski definition) is 4. The standard InChI is InChI=1S/C25H29N3O3/c29-22(16-26-12-9-18-4-1-2-5-20(18)15-26)17-27-13-10-19-14-21(7-8-23(19)25(27)31)28-11-3-6-24(28)30/h1-2,4-5,7-8,14,22,29H,3,6,9-13,15-17H2/t22-/m1/s1. The predicted octanol–water partition coefficient (Wildman–Crippen LogP) is 2.23. The minimum Gasteiger partial charge on any atom is -0.390 e. The van der Waals surface area contributed by atoms with Crippen molar-refractivity contribution in [3.8, 4) is 0 Å². The highest BCUT2D eigenvalue weighted by Gasteiger charge is 2.29. The van der Waals surface area contributed by atoms with Crippen LogP contribution in [0.15, 0.2) is 42.5 Å². The number of benzene rings is 2. The third-order valence-corrected chi connectivity index (χ3v) is 6.75. The molecule has 162 valence electrons. The molecule has 1 N–H and O–H groups in total. The average molecular weight is 420 g/mol. The van der Waals surface area contributed by atoms with E-state index >= 15 is 0 Å². The van der Waals surface area contributed by atoms with E-state index in [1.54, 1.807) is 4.90 Å². The van der Waals surface area contributed by atoms with Crippen molar-refractivity contribution in [3.05, 3.63) is 64.7 Å². The van der Waals surface area contributed by atoms with Gasteiger partial charge in [0.25, 0.3) is 5.91 Å². The van der Waals surface area contributed by atoms with Crippen LogP contribution in [0.5, 0.6) is 0 Å². The molecule has 3 aliphatic heterocycles. The first-order chi connectivity index (χ1) is 15.1. The Labute approximate surface area is 183 Å². The molecule has 5 rings (SSSR count). The van der Waals surface area contributed by atoms with Crippen LogP contribution in [-0.2, 0) is 24.2 Å². The summed E-state index contributed by atoms with van der Waals surface area (Å²) in [4.78, 5) is 30.9. The fraction of sp³-hybridized carbons (Fsp3) is 0.440. The van der Waals surface area contributed by atoms with Gasteiger partial charge in [0, 0.05) is 56.9 Å². The van der Waals surface area contributed by atoms with Gasteiger partial charge in [-0.1, -0.05) is 24.3 Å². The zero-order valence-electron chi connectivity index (χ0n) is 17.8. The molecule has 1 fully saturated rings. The van der Waals surface area contributed by atoms with Gasteiger partial charge < -0.3 is 14.9 Å². The fourth-order valence-electron chi connectivity index (χ4n) is 5.11. The number of anilines is 1. The van der Waals surface area contributed by atoms with E-state index in [0.29, 0.717) is 31.6 Å². The molecule has 6 heteroatoms. The van der Waals surface area contributed by atoms with Gasteiger partial charge in [0.1, 0.15) is 0 Å². The maximum Gasteiger partial charge on any atom is 0.254 e. The van der Waals surface area contributed by atoms with Crippen LogP contribution in [-0.4, -0.2) is 65.5 Å². The number of aliphatic hydroxyl groups excluding tert-OH is 1. The van der Waals surface area contributed by atoms with Crippen LogP contribution in [0.3, 0.4) is 0 Å². The molecule has 3 heterocycles. The van der Waals surface area contributed by atoms with Crippen molar-refractivity contribution in [3.63, 3.8) is 0 Å². The largest absolute Gasteiger partial charge is 0.390 e. The van der Waals surface area contributed by atoms with Gasteiger partial charge in [0.05, 0.1) is 6.10 Å². The van der Waals surface area contributed by atoms with E-state index in [2.05, 4.69) is 29.2 Å². The first-order valence-corrected chi connectivity index (χ1v) is 11.3. The van der Waals surface area contributed by atoms with E-state index in [4.69, 9.17) is 0 Å². The van der Waals surface area contributed by atoms with Gasteiger partial charge >= 0.3 is 0 Å². The summed E-state index contributed by atoms with van der Waals surface area (Å²) in [5.74, 6) is 0.135. The van der Waals surface area contributed by atoms with Crippen LogP contribution in [0.4, 0.5) is 5.69 Å². The van der Waals surface area contributed by atoms with Gasteiger partial charge in [-0.05, 0) is 54.2 Å². The first kappa shape index (κ1) is 20.2. The Bertz CT molecular complexity index is 1010. The molecular formula is C25H29N3O3. The van der Waals surface area contributed by atoms with E-state index < -0.39 is 6.10 Å². The molecule has 6 nitrogen and oxygen atoms in total. The van der Waals surface area contributed by atoms with Gasteiger partial charge in [0.15, 0.2) is 0 Å². The smallest absolute Gasteiger partial charge is 0.254 e. The van der Waals surface area contributed by atoms with Crippen LogP contribution in [0.1, 0.15) is 39.9 Å². The lowest BCUT2D eigenvalue weighted by molar-refractivity contribution is -0.117. The number of fused-ring (bicyclic) bond motifs is 2. The second-order valence-electron chi connectivity index (χ2n) is 8.90. The third kappa shape index (κ3) is 4.10. The van der Waals surface area contributed by atoms with Crippen molar-refractivity contribution in [1.82, 2.24) is 9.80 Å². The van der Waals surface area contributed by atoms with Crippen LogP contribution < -0.4 is 4.90 Å². The molecule has 0 aliphatic carbocycles. The van der Waals surface area contributed by atoms with E-state index in [0.717, 1.165) is 50.1 Å². The highest BCUT2D eigenvalue weighted by Crippen LogP contribution is 2.28. The molecule has 0 bridgehead atoms. The molecule has 0 radical (unpaired) electrons. The molecule has 1 atom stereocenters. The Kier molecular flexibility index (Phi) is 5.50. The van der Waals surface area contributed by atoms with Crippen LogP contribution in [0.2, 0.25) is 0 Å². The Morgan fingerprint density at radius 1 is 0.871 bits per heavy atom. The number of carbonyl (C=O) groups excluding carboxylic acids is 2. The van der Waals surface area contributed by atoms with Crippen molar-refractivity contribution >= 4 is 17.5 Å². The lowest BCUT2D eigenvalue weighted by Crippen LogP contribution is -2.46. The molecule has 2 aromatic rings. The van der Waals surface area contributed by atoms with Gasteiger partial charge in [-0.25, -0.2) is 0 Å². The number of rotatable bonds is 5. The molecule has 0 aromatic heterocycles. The summed E-state index contributed by atoms with van der Waals surface area (Å²) < 4.78 is 0. The molecule has 1 saturated heterocycles. The Balaban J connectivity index is 1.21. The van der Waals surface area contributed by atoms with Crippen molar-refractivity contribution in [2.45, 2.75) is 38.3 Å². The van der Waals surface area contributed by atoms with Gasteiger partial charge in [-0.3, -0.25) is 14.5 Å². The topological polar surface area (TPSA) is 64.1 Å². The third-order valence-electron chi connectivity index (χ3n) is 6.75. The number of amides is 2. The highest BCUT2D eigenvalue weighted by atomic mass is 16.3. The van der Waals surface area contributed by atoms with Gasteiger partial charge in [-0.15, -0.1) is 0 Å². The highest BCUT2D eigenvalue weighted by molar-refractivity contribution is 5.99. The van der Waals surface area contributed by atoms with Gasteiger partial charge in [0.2, 0.25) is 5.91 Å². The summed E-state index contributed by atoms with van der Waals surface area (Å²) in [6, 6.07) is 14.2. The number of carbonyl (C=O) groups is 2. The van der Waals surface area contributed by atoms with Gasteiger partial charge in [-0.2, -0.15) is 0 Å². The van der Waals surface area contributed by atoms with E-state index in [-0.39, 0.29) is 11.8 Å². The predicted molar refractivity (Wildman–Crippen MR) is 119 cm³/mol. The average Bonchev–Trinajstić information content (AvgIpc) is 3.21. The second-order valence-corrected chi connectivity index (χ2v) is 8.90. The summed E-state index contributed by atoms with van der Waals surface area (Å²) in [5.41, 5.74) is 5.32. The molecule has 2 aromatic carbocycles. The minimum absolute atomic E-state index is 0.0245. The Morgan fingerprint density at radius 3 is 2.48 bits per heavy atom. The number of β-amino-alcohol motifs (C(OH)–C–C–N with tert-alkyl or cyclic N) is 1. The zero-order chi connectivity index (χ0) is 21.4. The fourth-order valence-corrected chi connectivity index (χ4v) is 5.11. The van der Waals surface area contributed by atoms with Crippen molar-refractivity contribution < 1.29 is 14.7 Å². The lowest BCUT2D eigenvalue weighted by atomic mass is 9.97. The zero-order valence-corrected chi connectivity index (χ0v) is 17.8. The lowest BCUT2D eigenvalue weighted by Gasteiger charge is -2.34. The van der Waals surface area contributed by atoms with Crippen LogP contribution >= 0.6 is 0 Å². The van der Waals surface area contributed by atoms with E-state index in [1.807, 2.05) is 23.1 Å². The van der Waals surface area contributed by atoms with Crippen LogP contribution in [0.25, 0.3) is 0 Å². The first-order valence-electron chi connectivity index (χ1n) is 11.3. The summed E-state index contributed by atoms with van der Waals surface area (Å²) in [5, 5.41) is 10.7. The van der Waals surface area contributed by atoms with Crippen LogP contribution in [0, 0.1) is 0 Å². The van der Waals surface area contributed by atoms with Crippen molar-refractivity contribution in [2.75, 3.05) is 37.6 Å². The molecule has 0 spiro atoms. The Morgan fingerprint density at radius 2 is 1.68 bits per heavy atom. The molecule has 2 amide bonds. The summed E-state index contributed by atoms with van der Waals surface area (Å²) in [6.07, 6.45) is 2.67. The van der Waals surface area contributed by atoms with Crippen molar-refractivity contribution in [1.29, 1.82) is 0 Å². The molecule has 0 saturated carbocycles. The minimum atomic E-state index is -0.572. The molecule has 31 heavy (non-hydrogen) atoms. The summed E-state index contributed by atoms with van der Waals surface area (Å²) in [6.45, 7) is 4.06. The number of hydrogen-bond donors (Lipinski definition) is 1. The van der Waals surface area contributed by atoms with Crippen molar-refractivity contribution in [2.24, 2.45) is 0 Å². The number of aliphatic hydroxyl groups is 1. The second kappa shape index (κ2) is 8.44. The maximum atomic E-state index is 13.0. The quantitative estimate of drug-likeness (QED) is 0.807. The molecule has 3 aliphatic rings. The maximum absolute atomic E-state index is 13.0. The molecular weight excluding hydrogens is 390 g/mol. The summed E-state index contributed by atoms with van der Waals surface area (Å²) >= 11 is 0. The monoisotopic (exact) mass is 419 g/mol. The van der Waals surface area contributed by atoms with E-state index in [1.165, 1.54) is 11.1 Å².